The molecule has 0 fully saturated rings. The summed E-state index contributed by atoms with van der Waals surface area (Å²) in [6, 6.07) is 14.3. The molecule has 1 aliphatic heterocycles. The van der Waals surface area contributed by atoms with Crippen molar-refractivity contribution in [1.29, 1.82) is 0 Å². The minimum atomic E-state index is -4.66. The lowest BCUT2D eigenvalue weighted by Gasteiger charge is -2.35. The van der Waals surface area contributed by atoms with Gasteiger partial charge in [-0.25, -0.2) is 0 Å². The van der Waals surface area contributed by atoms with E-state index in [1.54, 1.807) is 6.07 Å². The van der Waals surface area contributed by atoms with Crippen LogP contribution in [0.5, 0.6) is 0 Å². The summed E-state index contributed by atoms with van der Waals surface area (Å²) in [5.74, 6) is -0.749. The highest BCUT2D eigenvalue weighted by molar-refractivity contribution is 6.00. The second kappa shape index (κ2) is 8.67. The first-order chi connectivity index (χ1) is 14.9. The fourth-order valence-electron chi connectivity index (χ4n) is 4.29. The second-order valence-electron chi connectivity index (χ2n) is 7.82. The SMILES string of the molecule is CCC(CNC(=O)c1cnc2ccccc2c1C(F)(F)F)N1CCc2ccccc2C1. The summed E-state index contributed by atoms with van der Waals surface area (Å²) in [4.78, 5) is 19.1. The van der Waals surface area contributed by atoms with Gasteiger partial charge < -0.3 is 5.32 Å². The van der Waals surface area contributed by atoms with Gasteiger partial charge in [-0.05, 0) is 30.0 Å². The normalized spacial score (nSPS) is 15.5. The molecule has 0 saturated carbocycles. The Morgan fingerprint density at radius 1 is 1.13 bits per heavy atom. The van der Waals surface area contributed by atoms with Crippen LogP contribution in [0.25, 0.3) is 10.9 Å². The van der Waals surface area contributed by atoms with Gasteiger partial charge >= 0.3 is 6.18 Å². The number of rotatable bonds is 5. The second-order valence-corrected chi connectivity index (χ2v) is 7.82. The fourth-order valence-corrected chi connectivity index (χ4v) is 4.29. The van der Waals surface area contributed by atoms with E-state index in [-0.39, 0.29) is 23.5 Å². The first-order valence-electron chi connectivity index (χ1n) is 10.4. The highest BCUT2D eigenvalue weighted by atomic mass is 19.4. The van der Waals surface area contributed by atoms with Gasteiger partial charge in [-0.15, -0.1) is 0 Å². The first-order valence-corrected chi connectivity index (χ1v) is 10.4. The molecule has 4 nitrogen and oxygen atoms in total. The zero-order valence-corrected chi connectivity index (χ0v) is 17.2. The summed E-state index contributed by atoms with van der Waals surface area (Å²) in [7, 11) is 0. The molecular formula is C24H24F3N3O. The Morgan fingerprint density at radius 2 is 1.84 bits per heavy atom. The van der Waals surface area contributed by atoms with E-state index in [0.717, 1.165) is 32.1 Å². The van der Waals surface area contributed by atoms with E-state index in [4.69, 9.17) is 0 Å². The predicted molar refractivity (Wildman–Crippen MR) is 114 cm³/mol. The minimum absolute atomic E-state index is 0.0417. The predicted octanol–water partition coefficient (Wildman–Crippen LogP) is 4.82. The number of para-hydroxylation sites is 1. The molecule has 1 amide bonds. The van der Waals surface area contributed by atoms with Crippen molar-refractivity contribution in [2.75, 3.05) is 13.1 Å². The van der Waals surface area contributed by atoms with Gasteiger partial charge in [-0.1, -0.05) is 49.4 Å². The summed E-state index contributed by atoms with van der Waals surface area (Å²) in [6.45, 7) is 3.93. The number of pyridine rings is 1. The molecule has 3 aromatic rings. The molecule has 7 heteroatoms. The van der Waals surface area contributed by atoms with E-state index in [2.05, 4.69) is 27.3 Å². The summed E-state index contributed by atoms with van der Waals surface area (Å²) >= 11 is 0. The van der Waals surface area contributed by atoms with Crippen LogP contribution in [0.3, 0.4) is 0 Å². The maximum Gasteiger partial charge on any atom is 0.417 e. The van der Waals surface area contributed by atoms with Crippen LogP contribution in [-0.4, -0.2) is 34.9 Å². The van der Waals surface area contributed by atoms with Crippen molar-refractivity contribution < 1.29 is 18.0 Å². The van der Waals surface area contributed by atoms with Gasteiger partial charge in [0.05, 0.1) is 16.6 Å². The molecule has 0 bridgehead atoms. The monoisotopic (exact) mass is 427 g/mol. The van der Waals surface area contributed by atoms with Crippen LogP contribution < -0.4 is 5.32 Å². The van der Waals surface area contributed by atoms with Gasteiger partial charge in [0.15, 0.2) is 0 Å². The van der Waals surface area contributed by atoms with Crippen molar-refractivity contribution >= 4 is 16.8 Å². The Labute approximate surface area is 179 Å². The molecule has 1 aromatic heterocycles. The van der Waals surface area contributed by atoms with E-state index in [0.29, 0.717) is 0 Å². The smallest absolute Gasteiger partial charge is 0.350 e. The third kappa shape index (κ3) is 4.42. The molecule has 1 N–H and O–H groups in total. The topological polar surface area (TPSA) is 45.2 Å². The van der Waals surface area contributed by atoms with Gasteiger partial charge in [0.1, 0.15) is 0 Å². The number of carbonyl (C=O) groups is 1. The molecule has 4 rings (SSSR count). The number of fused-ring (bicyclic) bond motifs is 2. The van der Waals surface area contributed by atoms with Crippen LogP contribution in [0.4, 0.5) is 13.2 Å². The average Bonchev–Trinajstić information content (AvgIpc) is 2.77. The summed E-state index contributed by atoms with van der Waals surface area (Å²) in [6.07, 6.45) is -1.92. The van der Waals surface area contributed by atoms with E-state index in [9.17, 15) is 18.0 Å². The lowest BCUT2D eigenvalue weighted by Crippen LogP contribution is -2.45. The Balaban J connectivity index is 1.53. The molecule has 162 valence electrons. The van der Waals surface area contributed by atoms with E-state index in [1.807, 2.05) is 19.1 Å². The first kappa shape index (κ1) is 21.3. The number of carbonyl (C=O) groups excluding carboxylic acids is 1. The van der Waals surface area contributed by atoms with E-state index in [1.165, 1.54) is 29.3 Å². The number of hydrogen-bond donors (Lipinski definition) is 1. The molecular weight excluding hydrogens is 403 g/mol. The highest BCUT2D eigenvalue weighted by Gasteiger charge is 2.37. The Morgan fingerprint density at radius 3 is 2.58 bits per heavy atom. The lowest BCUT2D eigenvalue weighted by molar-refractivity contribution is -0.136. The maximum absolute atomic E-state index is 13.8. The minimum Gasteiger partial charge on any atom is -0.350 e. The average molecular weight is 427 g/mol. The van der Waals surface area contributed by atoms with Crippen molar-refractivity contribution in [2.24, 2.45) is 0 Å². The summed E-state index contributed by atoms with van der Waals surface area (Å²) in [5, 5.41) is 2.66. The Bertz CT molecular complexity index is 1100. The van der Waals surface area contributed by atoms with Crippen molar-refractivity contribution in [3.63, 3.8) is 0 Å². The largest absolute Gasteiger partial charge is 0.417 e. The summed E-state index contributed by atoms with van der Waals surface area (Å²) in [5.41, 5.74) is 1.43. The molecule has 2 heterocycles. The number of benzene rings is 2. The molecule has 0 spiro atoms. The quantitative estimate of drug-likeness (QED) is 0.635. The standard InChI is InChI=1S/C24H24F3N3O/c1-2-18(30-12-11-16-7-3-4-8-17(16)15-30)13-29-23(31)20-14-28-21-10-6-5-9-19(21)22(20)24(25,26)27/h3-10,14,18H,2,11-13,15H2,1H3,(H,29,31). The van der Waals surface area contributed by atoms with Crippen molar-refractivity contribution in [2.45, 2.75) is 38.5 Å². The molecule has 0 radical (unpaired) electrons. The number of nitrogens with one attached hydrogen (secondary N) is 1. The zero-order valence-electron chi connectivity index (χ0n) is 17.2. The molecule has 1 unspecified atom stereocenters. The fraction of sp³-hybridized carbons (Fsp3) is 0.333. The molecule has 0 saturated heterocycles. The van der Waals surface area contributed by atoms with Crippen molar-refractivity contribution in [3.8, 4) is 0 Å². The molecule has 0 aliphatic carbocycles. The number of alkyl halides is 3. The number of nitrogens with zero attached hydrogens (tertiary/aromatic N) is 2. The van der Waals surface area contributed by atoms with Gasteiger partial charge in [0, 0.05) is 37.3 Å². The van der Waals surface area contributed by atoms with Crippen LogP contribution in [0.1, 0.15) is 40.4 Å². The maximum atomic E-state index is 13.8. The van der Waals surface area contributed by atoms with Crippen LogP contribution in [0.2, 0.25) is 0 Å². The third-order valence-corrected chi connectivity index (χ3v) is 5.95. The number of halogens is 3. The van der Waals surface area contributed by atoms with Crippen LogP contribution in [0.15, 0.2) is 54.7 Å². The molecule has 2 aromatic carbocycles. The lowest BCUT2D eigenvalue weighted by atomic mass is 9.98. The highest BCUT2D eigenvalue weighted by Crippen LogP contribution is 2.36. The Kier molecular flexibility index (Phi) is 5.96. The van der Waals surface area contributed by atoms with Crippen LogP contribution >= 0.6 is 0 Å². The molecule has 1 aliphatic rings. The van der Waals surface area contributed by atoms with E-state index >= 15 is 0 Å². The van der Waals surface area contributed by atoms with Crippen molar-refractivity contribution in [3.05, 3.63) is 77.0 Å². The number of aromatic nitrogens is 1. The van der Waals surface area contributed by atoms with Gasteiger partial charge in [-0.3, -0.25) is 14.7 Å². The third-order valence-electron chi connectivity index (χ3n) is 5.95. The zero-order chi connectivity index (χ0) is 22.0. The van der Waals surface area contributed by atoms with Gasteiger partial charge in [-0.2, -0.15) is 13.2 Å². The molecule has 1 atom stereocenters. The van der Waals surface area contributed by atoms with E-state index < -0.39 is 23.2 Å². The van der Waals surface area contributed by atoms with Crippen molar-refractivity contribution in [1.82, 2.24) is 15.2 Å². The van der Waals surface area contributed by atoms with Crippen LogP contribution in [-0.2, 0) is 19.1 Å². The van der Waals surface area contributed by atoms with Gasteiger partial charge in [0.2, 0.25) is 0 Å². The number of hydrogen-bond acceptors (Lipinski definition) is 3. The van der Waals surface area contributed by atoms with Crippen LogP contribution in [0, 0.1) is 0 Å². The summed E-state index contributed by atoms with van der Waals surface area (Å²) < 4.78 is 41.5. The Hall–Kier alpha value is -2.93. The van der Waals surface area contributed by atoms with Gasteiger partial charge in [0.25, 0.3) is 5.91 Å². The number of amides is 1. The molecule has 31 heavy (non-hydrogen) atoms.